The molecule has 0 radical (unpaired) electrons. The Hall–Kier alpha value is -2.17. The van der Waals surface area contributed by atoms with Crippen LogP contribution >= 0.6 is 0 Å². The largest absolute Gasteiger partial charge is 0.478 e. The molecule has 5 nitrogen and oxygen atoms in total. The van der Waals surface area contributed by atoms with E-state index in [4.69, 9.17) is 5.11 Å². The molecule has 2 aromatic rings. The third kappa shape index (κ3) is 1.67. The molecule has 2 heterocycles. The summed E-state index contributed by atoms with van der Waals surface area (Å²) in [5.74, 6) is -0.976. The molecule has 0 aliphatic carbocycles. The molecule has 0 bridgehead atoms. The molecule has 0 aliphatic heterocycles. The number of aromatic carboxylic acids is 1. The first kappa shape index (κ1) is 10.4. The van der Waals surface area contributed by atoms with Crippen LogP contribution in [0.25, 0.3) is 11.1 Å². The first-order valence-corrected chi connectivity index (χ1v) is 4.77. The summed E-state index contributed by atoms with van der Waals surface area (Å²) < 4.78 is 1.74. The van der Waals surface area contributed by atoms with Crippen molar-refractivity contribution in [3.8, 4) is 11.1 Å². The highest BCUT2D eigenvalue weighted by atomic mass is 16.4. The molecule has 2 rings (SSSR count). The molecule has 0 amide bonds. The van der Waals surface area contributed by atoms with Crippen LogP contribution in [0.15, 0.2) is 24.7 Å². The minimum atomic E-state index is -0.976. The van der Waals surface area contributed by atoms with E-state index >= 15 is 0 Å². The zero-order chi connectivity index (χ0) is 11.7. The minimum Gasteiger partial charge on any atom is -0.478 e. The highest BCUT2D eigenvalue weighted by Gasteiger charge is 2.09. The summed E-state index contributed by atoms with van der Waals surface area (Å²) >= 11 is 0. The highest BCUT2D eigenvalue weighted by Crippen LogP contribution is 2.22. The average molecular weight is 217 g/mol. The average Bonchev–Trinajstić information content (AvgIpc) is 2.60. The lowest BCUT2D eigenvalue weighted by Crippen LogP contribution is -1.97. The van der Waals surface area contributed by atoms with Crippen molar-refractivity contribution in [1.82, 2.24) is 14.8 Å². The third-order valence-electron chi connectivity index (χ3n) is 2.53. The van der Waals surface area contributed by atoms with Crippen molar-refractivity contribution in [1.29, 1.82) is 0 Å². The number of pyridine rings is 1. The molecular formula is C11H11N3O2. The lowest BCUT2D eigenvalue weighted by molar-refractivity contribution is 0.0696. The van der Waals surface area contributed by atoms with Gasteiger partial charge in [0.1, 0.15) is 0 Å². The Morgan fingerprint density at radius 3 is 2.69 bits per heavy atom. The molecule has 0 saturated heterocycles. The summed E-state index contributed by atoms with van der Waals surface area (Å²) in [6.07, 6.45) is 4.67. The van der Waals surface area contributed by atoms with E-state index in [0.717, 1.165) is 16.8 Å². The van der Waals surface area contributed by atoms with Crippen molar-refractivity contribution < 1.29 is 9.90 Å². The predicted octanol–water partition coefficient (Wildman–Crippen LogP) is 1.49. The molecule has 0 spiro atoms. The van der Waals surface area contributed by atoms with Gasteiger partial charge in [-0.3, -0.25) is 9.67 Å². The maximum absolute atomic E-state index is 10.8. The number of aromatic nitrogens is 3. The predicted molar refractivity (Wildman–Crippen MR) is 58.1 cm³/mol. The summed E-state index contributed by atoms with van der Waals surface area (Å²) in [6.45, 7) is 1.93. The number of carbonyl (C=O) groups is 1. The molecule has 0 unspecified atom stereocenters. The van der Waals surface area contributed by atoms with E-state index in [1.807, 2.05) is 14.0 Å². The van der Waals surface area contributed by atoms with Gasteiger partial charge in [0.05, 0.1) is 11.8 Å². The van der Waals surface area contributed by atoms with Crippen LogP contribution in [0.3, 0.4) is 0 Å². The van der Waals surface area contributed by atoms with E-state index in [1.54, 1.807) is 23.1 Å². The van der Waals surface area contributed by atoms with E-state index in [1.165, 1.54) is 6.20 Å². The van der Waals surface area contributed by atoms with Crippen LogP contribution in [0.2, 0.25) is 0 Å². The van der Waals surface area contributed by atoms with Gasteiger partial charge in [-0.25, -0.2) is 4.79 Å². The summed E-state index contributed by atoms with van der Waals surface area (Å²) in [7, 11) is 1.84. The number of aryl methyl sites for hydroxylation is 1. The van der Waals surface area contributed by atoms with Crippen molar-refractivity contribution in [2.75, 3.05) is 0 Å². The first-order valence-electron chi connectivity index (χ1n) is 4.77. The lowest BCUT2D eigenvalue weighted by atomic mass is 10.1. The van der Waals surface area contributed by atoms with Crippen LogP contribution in [0.5, 0.6) is 0 Å². The molecule has 0 saturated carbocycles. The monoisotopic (exact) mass is 217 g/mol. The van der Waals surface area contributed by atoms with Gasteiger partial charge in [-0.05, 0) is 13.0 Å². The normalized spacial score (nSPS) is 10.4. The van der Waals surface area contributed by atoms with Gasteiger partial charge >= 0.3 is 5.97 Å². The Bertz CT molecular complexity index is 546. The van der Waals surface area contributed by atoms with Crippen LogP contribution in [0, 0.1) is 6.92 Å². The molecule has 82 valence electrons. The van der Waals surface area contributed by atoms with Gasteiger partial charge in [-0.2, -0.15) is 5.10 Å². The van der Waals surface area contributed by atoms with E-state index < -0.39 is 5.97 Å². The van der Waals surface area contributed by atoms with Gasteiger partial charge in [0, 0.05) is 36.3 Å². The second kappa shape index (κ2) is 3.77. The summed E-state index contributed by atoms with van der Waals surface area (Å²) in [5.41, 5.74) is 2.83. The second-order valence-corrected chi connectivity index (χ2v) is 3.53. The lowest BCUT2D eigenvalue weighted by Gasteiger charge is -2.01. The van der Waals surface area contributed by atoms with Gasteiger partial charge in [0.25, 0.3) is 0 Å². The zero-order valence-corrected chi connectivity index (χ0v) is 9.01. The Balaban J connectivity index is 2.52. The number of hydrogen-bond donors (Lipinski definition) is 1. The second-order valence-electron chi connectivity index (χ2n) is 3.53. The molecular weight excluding hydrogens is 206 g/mol. The number of rotatable bonds is 2. The van der Waals surface area contributed by atoms with Crippen molar-refractivity contribution in [3.63, 3.8) is 0 Å². The Morgan fingerprint density at radius 2 is 2.12 bits per heavy atom. The van der Waals surface area contributed by atoms with E-state index in [2.05, 4.69) is 10.1 Å². The molecule has 2 aromatic heterocycles. The van der Waals surface area contributed by atoms with Crippen LogP contribution in [-0.4, -0.2) is 25.8 Å². The third-order valence-corrected chi connectivity index (χ3v) is 2.53. The quantitative estimate of drug-likeness (QED) is 0.827. The minimum absolute atomic E-state index is 0.181. The standard InChI is InChI=1S/C11H11N3O2/c1-7-10(6-13-14(7)2)8-3-9(11(15)16)5-12-4-8/h3-6H,1-2H3,(H,15,16). The number of nitrogens with zero attached hydrogens (tertiary/aromatic N) is 3. The Labute approximate surface area is 92.4 Å². The van der Waals surface area contributed by atoms with Crippen molar-refractivity contribution in [3.05, 3.63) is 35.9 Å². The molecule has 0 aliphatic rings. The summed E-state index contributed by atoms with van der Waals surface area (Å²) in [6, 6.07) is 1.60. The van der Waals surface area contributed by atoms with Gasteiger partial charge < -0.3 is 5.11 Å². The molecule has 16 heavy (non-hydrogen) atoms. The maximum Gasteiger partial charge on any atom is 0.337 e. The SMILES string of the molecule is Cc1c(-c2cncc(C(=O)O)c2)cnn1C. The fourth-order valence-electron chi connectivity index (χ4n) is 1.49. The summed E-state index contributed by atoms with van der Waals surface area (Å²) in [5, 5.41) is 13.0. The zero-order valence-electron chi connectivity index (χ0n) is 9.01. The fraction of sp³-hybridized carbons (Fsp3) is 0.182. The molecule has 0 fully saturated rings. The summed E-state index contributed by atoms with van der Waals surface area (Å²) in [4.78, 5) is 14.7. The Morgan fingerprint density at radius 1 is 1.38 bits per heavy atom. The molecule has 0 atom stereocenters. The topological polar surface area (TPSA) is 68.0 Å². The Kier molecular flexibility index (Phi) is 2.44. The van der Waals surface area contributed by atoms with Crippen LogP contribution in [0.4, 0.5) is 0 Å². The maximum atomic E-state index is 10.8. The first-order chi connectivity index (χ1) is 7.59. The van der Waals surface area contributed by atoms with E-state index in [0.29, 0.717) is 0 Å². The molecule has 1 N–H and O–H groups in total. The van der Waals surface area contributed by atoms with Crippen molar-refractivity contribution >= 4 is 5.97 Å². The molecule has 5 heteroatoms. The van der Waals surface area contributed by atoms with E-state index in [-0.39, 0.29) is 5.56 Å². The number of carboxylic acids is 1. The highest BCUT2D eigenvalue weighted by molar-refractivity contribution is 5.88. The van der Waals surface area contributed by atoms with Gasteiger partial charge in [0.2, 0.25) is 0 Å². The van der Waals surface area contributed by atoms with Crippen LogP contribution < -0.4 is 0 Å². The van der Waals surface area contributed by atoms with Gasteiger partial charge in [0.15, 0.2) is 0 Å². The van der Waals surface area contributed by atoms with Crippen LogP contribution in [-0.2, 0) is 7.05 Å². The fourth-order valence-corrected chi connectivity index (χ4v) is 1.49. The number of hydrogen-bond acceptors (Lipinski definition) is 3. The van der Waals surface area contributed by atoms with Gasteiger partial charge in [-0.15, -0.1) is 0 Å². The molecule has 0 aromatic carbocycles. The number of carboxylic acid groups (broad SMARTS) is 1. The van der Waals surface area contributed by atoms with Crippen LogP contribution in [0.1, 0.15) is 16.1 Å². The van der Waals surface area contributed by atoms with E-state index in [9.17, 15) is 4.79 Å². The van der Waals surface area contributed by atoms with Gasteiger partial charge in [-0.1, -0.05) is 0 Å². The van der Waals surface area contributed by atoms with Crippen molar-refractivity contribution in [2.45, 2.75) is 6.92 Å². The smallest absolute Gasteiger partial charge is 0.337 e. The van der Waals surface area contributed by atoms with Crippen molar-refractivity contribution in [2.24, 2.45) is 7.05 Å².